The number of hydrogen-bond acceptors (Lipinski definition) is 3. The van der Waals surface area contributed by atoms with Crippen molar-refractivity contribution in [3.05, 3.63) is 53.6 Å². The highest BCUT2D eigenvalue weighted by atomic mass is 16.5. The maximum Gasteiger partial charge on any atom is 0.119 e. The van der Waals surface area contributed by atoms with Crippen molar-refractivity contribution in [3.8, 4) is 5.75 Å². The summed E-state index contributed by atoms with van der Waals surface area (Å²) in [4.78, 5) is 0. The van der Waals surface area contributed by atoms with E-state index in [-0.39, 0.29) is 0 Å². The standard InChI is InChI=1S/C18H24N2O/c1-4-21-18-7-5-16(6-8-18)19-9-10-20-17-12-14(2)11-15(3)13-17/h5-8,11-13,19-20H,4,9-10H2,1-3H3. The molecule has 2 aromatic carbocycles. The molecule has 3 nitrogen and oxygen atoms in total. The van der Waals surface area contributed by atoms with Gasteiger partial charge in [-0.2, -0.15) is 0 Å². The molecule has 0 aromatic heterocycles. The van der Waals surface area contributed by atoms with Gasteiger partial charge in [0.05, 0.1) is 6.61 Å². The molecule has 0 aliphatic rings. The first-order valence-electron chi connectivity index (χ1n) is 7.46. The fraction of sp³-hybridized carbons (Fsp3) is 0.333. The highest BCUT2D eigenvalue weighted by Crippen LogP contribution is 2.16. The van der Waals surface area contributed by atoms with Crippen molar-refractivity contribution in [1.82, 2.24) is 0 Å². The molecular formula is C18H24N2O. The zero-order valence-corrected chi connectivity index (χ0v) is 13.1. The molecule has 21 heavy (non-hydrogen) atoms. The van der Waals surface area contributed by atoms with E-state index in [1.807, 2.05) is 31.2 Å². The van der Waals surface area contributed by atoms with E-state index >= 15 is 0 Å². The zero-order valence-electron chi connectivity index (χ0n) is 13.1. The Hall–Kier alpha value is -2.16. The second kappa shape index (κ2) is 7.58. The van der Waals surface area contributed by atoms with E-state index in [0.717, 1.165) is 24.5 Å². The lowest BCUT2D eigenvalue weighted by molar-refractivity contribution is 0.340. The van der Waals surface area contributed by atoms with Crippen molar-refractivity contribution in [2.45, 2.75) is 20.8 Å². The summed E-state index contributed by atoms with van der Waals surface area (Å²) in [6.45, 7) is 8.70. The average Bonchev–Trinajstić information content (AvgIpc) is 2.45. The Morgan fingerprint density at radius 3 is 1.95 bits per heavy atom. The van der Waals surface area contributed by atoms with E-state index in [9.17, 15) is 0 Å². The predicted octanol–water partition coefficient (Wildman–Crippen LogP) is 4.23. The fourth-order valence-electron chi connectivity index (χ4n) is 2.33. The van der Waals surface area contributed by atoms with Crippen LogP contribution in [0.25, 0.3) is 0 Å². The zero-order chi connectivity index (χ0) is 15.1. The molecule has 0 saturated heterocycles. The Bertz CT molecular complexity index is 544. The molecule has 0 aliphatic heterocycles. The van der Waals surface area contributed by atoms with Crippen molar-refractivity contribution in [3.63, 3.8) is 0 Å². The van der Waals surface area contributed by atoms with Gasteiger partial charge < -0.3 is 15.4 Å². The molecule has 2 rings (SSSR count). The molecule has 2 N–H and O–H groups in total. The molecule has 0 saturated carbocycles. The molecular weight excluding hydrogens is 260 g/mol. The highest BCUT2D eigenvalue weighted by molar-refractivity contribution is 5.49. The first-order valence-corrected chi connectivity index (χ1v) is 7.46. The van der Waals surface area contributed by atoms with E-state index in [0.29, 0.717) is 6.61 Å². The van der Waals surface area contributed by atoms with Crippen LogP contribution >= 0.6 is 0 Å². The van der Waals surface area contributed by atoms with Gasteiger partial charge in [-0.3, -0.25) is 0 Å². The van der Waals surface area contributed by atoms with Gasteiger partial charge in [0.2, 0.25) is 0 Å². The summed E-state index contributed by atoms with van der Waals surface area (Å²) in [5, 5.41) is 6.84. The number of nitrogens with one attached hydrogen (secondary N) is 2. The highest BCUT2D eigenvalue weighted by Gasteiger charge is 1.96. The summed E-state index contributed by atoms with van der Waals surface area (Å²) in [6, 6.07) is 14.6. The Labute approximate surface area is 127 Å². The molecule has 3 heteroatoms. The van der Waals surface area contributed by atoms with Crippen LogP contribution in [0.4, 0.5) is 11.4 Å². The van der Waals surface area contributed by atoms with Crippen molar-refractivity contribution < 1.29 is 4.74 Å². The van der Waals surface area contributed by atoms with Gasteiger partial charge >= 0.3 is 0 Å². The van der Waals surface area contributed by atoms with Crippen LogP contribution in [0, 0.1) is 13.8 Å². The summed E-state index contributed by atoms with van der Waals surface area (Å²) in [6.07, 6.45) is 0. The third-order valence-corrected chi connectivity index (χ3v) is 3.17. The lowest BCUT2D eigenvalue weighted by Gasteiger charge is -2.11. The summed E-state index contributed by atoms with van der Waals surface area (Å²) in [7, 11) is 0. The molecule has 2 aromatic rings. The third kappa shape index (κ3) is 5.03. The minimum atomic E-state index is 0.701. The first-order chi connectivity index (χ1) is 10.2. The van der Waals surface area contributed by atoms with Crippen LogP contribution in [0.15, 0.2) is 42.5 Å². The Kier molecular flexibility index (Phi) is 5.50. The van der Waals surface area contributed by atoms with Crippen LogP contribution in [0.2, 0.25) is 0 Å². The summed E-state index contributed by atoms with van der Waals surface area (Å²) >= 11 is 0. The van der Waals surface area contributed by atoms with Gasteiger partial charge in [0.15, 0.2) is 0 Å². The molecule has 0 spiro atoms. The maximum atomic E-state index is 5.43. The number of hydrogen-bond donors (Lipinski definition) is 2. The van der Waals surface area contributed by atoms with Gasteiger partial charge in [-0.05, 0) is 68.3 Å². The van der Waals surface area contributed by atoms with E-state index in [4.69, 9.17) is 4.74 Å². The van der Waals surface area contributed by atoms with Crippen LogP contribution in [-0.2, 0) is 0 Å². The van der Waals surface area contributed by atoms with Gasteiger partial charge in [0.1, 0.15) is 5.75 Å². The molecule has 0 fully saturated rings. The lowest BCUT2D eigenvalue weighted by Crippen LogP contribution is -2.13. The Morgan fingerprint density at radius 2 is 1.38 bits per heavy atom. The van der Waals surface area contributed by atoms with E-state index in [2.05, 4.69) is 42.7 Å². The summed E-state index contributed by atoms with van der Waals surface area (Å²) < 4.78 is 5.43. The smallest absolute Gasteiger partial charge is 0.119 e. The second-order valence-corrected chi connectivity index (χ2v) is 5.19. The molecule has 0 heterocycles. The molecule has 0 aliphatic carbocycles. The van der Waals surface area contributed by atoms with E-state index in [1.54, 1.807) is 0 Å². The second-order valence-electron chi connectivity index (χ2n) is 5.19. The topological polar surface area (TPSA) is 33.3 Å². The largest absolute Gasteiger partial charge is 0.494 e. The quantitative estimate of drug-likeness (QED) is 0.747. The number of anilines is 2. The van der Waals surface area contributed by atoms with Crippen LogP contribution in [0.1, 0.15) is 18.1 Å². The predicted molar refractivity (Wildman–Crippen MR) is 90.5 cm³/mol. The van der Waals surface area contributed by atoms with Gasteiger partial charge in [-0.1, -0.05) is 6.07 Å². The maximum absolute atomic E-state index is 5.43. The molecule has 0 radical (unpaired) electrons. The Balaban J connectivity index is 1.76. The number of ether oxygens (including phenoxy) is 1. The van der Waals surface area contributed by atoms with Crippen LogP contribution in [0.3, 0.4) is 0 Å². The molecule has 0 atom stereocenters. The monoisotopic (exact) mass is 284 g/mol. The van der Waals surface area contributed by atoms with Gasteiger partial charge in [-0.15, -0.1) is 0 Å². The first kappa shape index (κ1) is 15.2. The normalized spacial score (nSPS) is 10.2. The van der Waals surface area contributed by atoms with E-state index < -0.39 is 0 Å². The molecule has 0 amide bonds. The summed E-state index contributed by atoms with van der Waals surface area (Å²) in [5.41, 5.74) is 4.87. The minimum absolute atomic E-state index is 0.701. The fourth-order valence-corrected chi connectivity index (χ4v) is 2.33. The van der Waals surface area contributed by atoms with Gasteiger partial charge in [0.25, 0.3) is 0 Å². The number of aryl methyl sites for hydroxylation is 2. The Morgan fingerprint density at radius 1 is 0.810 bits per heavy atom. The lowest BCUT2D eigenvalue weighted by atomic mass is 10.1. The van der Waals surface area contributed by atoms with Gasteiger partial charge in [0, 0.05) is 24.5 Å². The van der Waals surface area contributed by atoms with Crippen LogP contribution in [-0.4, -0.2) is 19.7 Å². The molecule has 112 valence electrons. The molecule has 0 bridgehead atoms. The minimum Gasteiger partial charge on any atom is -0.494 e. The third-order valence-electron chi connectivity index (χ3n) is 3.17. The number of benzene rings is 2. The van der Waals surface area contributed by atoms with Crippen molar-refractivity contribution >= 4 is 11.4 Å². The van der Waals surface area contributed by atoms with Crippen LogP contribution in [0.5, 0.6) is 5.75 Å². The average molecular weight is 284 g/mol. The number of rotatable bonds is 7. The van der Waals surface area contributed by atoms with Crippen molar-refractivity contribution in [2.75, 3.05) is 30.3 Å². The van der Waals surface area contributed by atoms with Crippen LogP contribution < -0.4 is 15.4 Å². The summed E-state index contributed by atoms with van der Waals surface area (Å²) in [5.74, 6) is 0.913. The van der Waals surface area contributed by atoms with E-state index in [1.165, 1.54) is 16.8 Å². The van der Waals surface area contributed by atoms with Crippen molar-refractivity contribution in [2.24, 2.45) is 0 Å². The molecule has 0 unspecified atom stereocenters. The SMILES string of the molecule is CCOc1ccc(NCCNc2cc(C)cc(C)c2)cc1. The van der Waals surface area contributed by atoms with Gasteiger partial charge in [-0.25, -0.2) is 0 Å². The van der Waals surface area contributed by atoms with Crippen molar-refractivity contribution in [1.29, 1.82) is 0 Å².